The molecule has 28 heavy (non-hydrogen) atoms. The van der Waals surface area contributed by atoms with Gasteiger partial charge in [0.05, 0.1) is 5.56 Å². The van der Waals surface area contributed by atoms with Crippen LogP contribution in [0.5, 0.6) is 0 Å². The first-order valence-corrected chi connectivity index (χ1v) is 10.1. The smallest absolute Gasteiger partial charge is 0.335 e. The van der Waals surface area contributed by atoms with Crippen LogP contribution in [-0.2, 0) is 11.3 Å². The lowest BCUT2D eigenvalue weighted by Crippen LogP contribution is -2.44. The topological polar surface area (TPSA) is 90.0 Å². The van der Waals surface area contributed by atoms with Crippen molar-refractivity contribution in [2.24, 2.45) is 5.92 Å². The molecule has 2 rings (SSSR count). The molecule has 3 amide bonds. The largest absolute Gasteiger partial charge is 0.478 e. The summed E-state index contributed by atoms with van der Waals surface area (Å²) >= 11 is 0. The Morgan fingerprint density at radius 3 is 2.25 bits per heavy atom. The van der Waals surface area contributed by atoms with E-state index in [9.17, 15) is 14.4 Å². The molecule has 1 fully saturated rings. The molecule has 154 valence electrons. The van der Waals surface area contributed by atoms with E-state index in [-0.39, 0.29) is 17.5 Å². The fraction of sp³-hybridized carbons (Fsp3) is 0.571. The van der Waals surface area contributed by atoms with Crippen molar-refractivity contribution >= 4 is 17.9 Å². The normalized spacial score (nSPS) is 14.6. The van der Waals surface area contributed by atoms with Crippen LogP contribution in [0.25, 0.3) is 0 Å². The molecule has 0 unspecified atom stereocenters. The minimum atomic E-state index is -0.961. The van der Waals surface area contributed by atoms with Crippen LogP contribution in [-0.4, -0.2) is 59.0 Å². The van der Waals surface area contributed by atoms with Crippen LogP contribution in [0.4, 0.5) is 4.79 Å². The van der Waals surface area contributed by atoms with Crippen LogP contribution in [0.3, 0.4) is 0 Å². The number of amides is 3. The molecule has 7 nitrogen and oxygen atoms in total. The number of carbonyl (C=O) groups is 3. The molecule has 1 heterocycles. The summed E-state index contributed by atoms with van der Waals surface area (Å²) in [7, 11) is 0. The second-order valence-corrected chi connectivity index (χ2v) is 7.20. The maximum atomic E-state index is 12.3. The second-order valence-electron chi connectivity index (χ2n) is 7.20. The lowest BCUT2D eigenvalue weighted by Gasteiger charge is -2.32. The summed E-state index contributed by atoms with van der Waals surface area (Å²) in [6, 6.07) is 6.40. The summed E-state index contributed by atoms with van der Waals surface area (Å²) in [6.07, 6.45) is 3.32. The third-order valence-electron chi connectivity index (χ3n) is 5.43. The first kappa shape index (κ1) is 21.7. The van der Waals surface area contributed by atoms with E-state index in [0.29, 0.717) is 32.0 Å². The van der Waals surface area contributed by atoms with Crippen molar-refractivity contribution in [3.05, 3.63) is 35.4 Å². The van der Waals surface area contributed by atoms with Gasteiger partial charge in [-0.3, -0.25) is 4.79 Å². The highest BCUT2D eigenvalue weighted by Crippen LogP contribution is 2.22. The maximum Gasteiger partial charge on any atom is 0.335 e. The number of hydrogen-bond donors (Lipinski definition) is 2. The molecule has 0 bridgehead atoms. The van der Waals surface area contributed by atoms with Crippen molar-refractivity contribution in [3.8, 4) is 0 Å². The van der Waals surface area contributed by atoms with Crippen LogP contribution in [0.2, 0.25) is 0 Å². The van der Waals surface area contributed by atoms with Gasteiger partial charge in [0.15, 0.2) is 0 Å². The average Bonchev–Trinajstić information content (AvgIpc) is 2.72. The molecule has 0 aliphatic carbocycles. The maximum absolute atomic E-state index is 12.3. The van der Waals surface area contributed by atoms with Gasteiger partial charge in [0, 0.05) is 39.1 Å². The number of rotatable bonds is 8. The van der Waals surface area contributed by atoms with Gasteiger partial charge in [0.25, 0.3) is 0 Å². The second kappa shape index (κ2) is 10.7. The molecule has 1 aromatic carbocycles. The highest BCUT2D eigenvalue weighted by Gasteiger charge is 2.23. The highest BCUT2D eigenvalue weighted by molar-refractivity contribution is 5.87. The van der Waals surface area contributed by atoms with Gasteiger partial charge in [-0.25, -0.2) is 9.59 Å². The molecule has 1 aliphatic rings. The van der Waals surface area contributed by atoms with Gasteiger partial charge in [-0.2, -0.15) is 0 Å². The average molecular weight is 389 g/mol. The van der Waals surface area contributed by atoms with E-state index in [1.807, 2.05) is 23.6 Å². The number of carboxylic acids is 1. The molecule has 1 aromatic rings. The first-order chi connectivity index (χ1) is 13.4. The number of benzene rings is 1. The van der Waals surface area contributed by atoms with Gasteiger partial charge in [-0.1, -0.05) is 12.1 Å². The first-order valence-electron chi connectivity index (χ1n) is 10.1. The lowest BCUT2D eigenvalue weighted by molar-refractivity contribution is -0.131. The van der Waals surface area contributed by atoms with E-state index < -0.39 is 5.97 Å². The number of nitrogens with zero attached hydrogens (tertiary/aromatic N) is 2. The summed E-state index contributed by atoms with van der Waals surface area (Å²) in [6.45, 7) is 7.29. The van der Waals surface area contributed by atoms with E-state index in [0.717, 1.165) is 37.9 Å². The quantitative estimate of drug-likeness (QED) is 0.715. The number of urea groups is 1. The van der Waals surface area contributed by atoms with Gasteiger partial charge >= 0.3 is 12.0 Å². The number of aromatic carboxylic acids is 1. The molecule has 1 aliphatic heterocycles. The minimum Gasteiger partial charge on any atom is -0.478 e. The Hall–Kier alpha value is -2.57. The zero-order valence-electron chi connectivity index (χ0n) is 16.8. The fourth-order valence-corrected chi connectivity index (χ4v) is 3.54. The van der Waals surface area contributed by atoms with E-state index in [1.165, 1.54) is 12.1 Å². The molecule has 0 aromatic heterocycles. The van der Waals surface area contributed by atoms with Crippen LogP contribution < -0.4 is 5.32 Å². The predicted octanol–water partition coefficient (Wildman–Crippen LogP) is 2.96. The molecule has 0 spiro atoms. The Kier molecular flexibility index (Phi) is 8.29. The molecular formula is C21H31N3O4. The Balaban J connectivity index is 1.70. The summed E-state index contributed by atoms with van der Waals surface area (Å²) in [5, 5.41) is 11.8. The van der Waals surface area contributed by atoms with Crippen molar-refractivity contribution in [2.45, 2.75) is 46.1 Å². The molecular weight excluding hydrogens is 358 g/mol. The van der Waals surface area contributed by atoms with Gasteiger partial charge in [0.2, 0.25) is 5.91 Å². The molecule has 0 radical (unpaired) electrons. The van der Waals surface area contributed by atoms with Crippen molar-refractivity contribution in [1.29, 1.82) is 0 Å². The van der Waals surface area contributed by atoms with Gasteiger partial charge in [0.1, 0.15) is 0 Å². The number of hydrogen-bond acceptors (Lipinski definition) is 3. The van der Waals surface area contributed by atoms with Crippen LogP contribution in [0.1, 0.15) is 55.5 Å². The monoisotopic (exact) mass is 389 g/mol. The van der Waals surface area contributed by atoms with Crippen LogP contribution in [0, 0.1) is 5.92 Å². The Morgan fingerprint density at radius 1 is 1.11 bits per heavy atom. The summed E-state index contributed by atoms with van der Waals surface area (Å²) < 4.78 is 0. The molecule has 2 N–H and O–H groups in total. The van der Waals surface area contributed by atoms with Crippen molar-refractivity contribution in [3.63, 3.8) is 0 Å². The summed E-state index contributed by atoms with van der Waals surface area (Å²) in [4.78, 5) is 39.0. The minimum absolute atomic E-state index is 0.0972. The van der Waals surface area contributed by atoms with Crippen molar-refractivity contribution < 1.29 is 19.5 Å². The SMILES string of the molecule is CCN(CC)C(=O)CCC1CCN(C(=O)NCc2ccc(C(=O)O)cc2)CC1. The van der Waals surface area contributed by atoms with E-state index in [2.05, 4.69) is 5.32 Å². The molecule has 1 saturated heterocycles. The molecule has 0 saturated carbocycles. The lowest BCUT2D eigenvalue weighted by atomic mass is 9.92. The van der Waals surface area contributed by atoms with Crippen molar-refractivity contribution in [1.82, 2.24) is 15.1 Å². The third-order valence-corrected chi connectivity index (χ3v) is 5.43. The fourth-order valence-electron chi connectivity index (χ4n) is 3.54. The van der Waals surface area contributed by atoms with Crippen LogP contribution >= 0.6 is 0 Å². The molecule has 0 atom stereocenters. The van der Waals surface area contributed by atoms with E-state index in [4.69, 9.17) is 5.11 Å². The van der Waals surface area contributed by atoms with E-state index >= 15 is 0 Å². The van der Waals surface area contributed by atoms with E-state index in [1.54, 1.807) is 12.1 Å². The third kappa shape index (κ3) is 6.25. The van der Waals surface area contributed by atoms with Gasteiger partial charge in [-0.15, -0.1) is 0 Å². The number of carboxylic acid groups (broad SMARTS) is 1. The van der Waals surface area contributed by atoms with Crippen molar-refractivity contribution in [2.75, 3.05) is 26.2 Å². The zero-order valence-corrected chi connectivity index (χ0v) is 16.8. The zero-order chi connectivity index (χ0) is 20.5. The standard InChI is InChI=1S/C21H31N3O4/c1-3-23(4-2)19(25)10-7-16-11-13-24(14-12-16)21(28)22-15-17-5-8-18(9-6-17)20(26)27/h5-6,8-9,16H,3-4,7,10-15H2,1-2H3,(H,22,28)(H,26,27). The number of likely N-dealkylation sites (tertiary alicyclic amines) is 1. The Labute approximate surface area is 166 Å². The van der Waals surface area contributed by atoms with Crippen LogP contribution in [0.15, 0.2) is 24.3 Å². The predicted molar refractivity (Wildman–Crippen MR) is 107 cm³/mol. The highest BCUT2D eigenvalue weighted by atomic mass is 16.4. The number of piperidine rings is 1. The Bertz CT molecular complexity index is 663. The van der Waals surface area contributed by atoms with Gasteiger partial charge in [-0.05, 0) is 56.7 Å². The summed E-state index contributed by atoms with van der Waals surface area (Å²) in [5.41, 5.74) is 1.10. The Morgan fingerprint density at radius 2 is 1.71 bits per heavy atom. The number of nitrogens with one attached hydrogen (secondary N) is 1. The summed E-state index contributed by atoms with van der Waals surface area (Å²) in [5.74, 6) is -0.247. The van der Waals surface area contributed by atoms with Gasteiger partial charge < -0.3 is 20.2 Å². The number of carbonyl (C=O) groups excluding carboxylic acids is 2. The molecule has 7 heteroatoms.